The highest BCUT2D eigenvalue weighted by atomic mass is 35.5. The topological polar surface area (TPSA) is 74.1 Å². The van der Waals surface area contributed by atoms with Gasteiger partial charge >= 0.3 is 0 Å². The van der Waals surface area contributed by atoms with Crippen LogP contribution in [-0.2, 0) is 13.0 Å². The minimum atomic E-state index is -0.401. The van der Waals surface area contributed by atoms with Crippen LogP contribution in [0.2, 0.25) is 5.02 Å². The van der Waals surface area contributed by atoms with Crippen molar-refractivity contribution < 1.29 is 4.92 Å². The fourth-order valence-electron chi connectivity index (χ4n) is 2.25. The van der Waals surface area contributed by atoms with Gasteiger partial charge in [0, 0.05) is 30.4 Å². The summed E-state index contributed by atoms with van der Waals surface area (Å²) in [6, 6.07) is 8.72. The number of nitro benzene ring substituents is 1. The van der Waals surface area contributed by atoms with Gasteiger partial charge in [-0.1, -0.05) is 24.6 Å². The van der Waals surface area contributed by atoms with E-state index in [2.05, 4.69) is 0 Å². The average molecular weight is 308 g/mol. The van der Waals surface area contributed by atoms with Crippen molar-refractivity contribution in [2.45, 2.75) is 32.4 Å². The maximum atomic E-state index is 11.1. The molecule has 0 aliphatic carbocycles. The summed E-state index contributed by atoms with van der Waals surface area (Å²) in [6.45, 7) is 2.41. The number of benzene rings is 1. The smallest absolute Gasteiger partial charge is 0.275 e. The molecule has 1 heterocycles. The van der Waals surface area contributed by atoms with Crippen LogP contribution >= 0.6 is 11.6 Å². The van der Waals surface area contributed by atoms with Crippen molar-refractivity contribution in [3.8, 4) is 0 Å². The number of nitrogens with zero attached hydrogens (tertiary/aromatic N) is 2. The Morgan fingerprint density at radius 3 is 2.81 bits per heavy atom. The van der Waals surface area contributed by atoms with Crippen molar-refractivity contribution in [2.24, 2.45) is 5.73 Å². The minimum Gasteiger partial charge on any atom is -0.347 e. The highest BCUT2D eigenvalue weighted by molar-refractivity contribution is 6.31. The van der Waals surface area contributed by atoms with E-state index in [0.29, 0.717) is 17.1 Å². The zero-order chi connectivity index (χ0) is 15.4. The van der Waals surface area contributed by atoms with E-state index < -0.39 is 4.92 Å². The van der Waals surface area contributed by atoms with E-state index >= 15 is 0 Å². The first-order valence-electron chi connectivity index (χ1n) is 6.84. The Kier molecular flexibility index (Phi) is 4.98. The third kappa shape index (κ3) is 3.62. The lowest BCUT2D eigenvalue weighted by Gasteiger charge is -2.13. The Hall–Kier alpha value is -1.85. The highest BCUT2D eigenvalue weighted by Crippen LogP contribution is 2.27. The Morgan fingerprint density at radius 1 is 1.38 bits per heavy atom. The molecular formula is C15H18ClN3O2. The van der Waals surface area contributed by atoms with Crippen molar-refractivity contribution in [3.05, 3.63) is 62.9 Å². The zero-order valence-electron chi connectivity index (χ0n) is 11.8. The van der Waals surface area contributed by atoms with Gasteiger partial charge in [0.2, 0.25) is 0 Å². The maximum absolute atomic E-state index is 11.1. The standard InChI is InChI=1S/C15H18ClN3O2/c1-2-11(17)9-12-5-4-8-18(12)10-13-14(16)6-3-7-15(13)19(20)21/h3-8,11H,2,9-10,17H2,1H3. The van der Waals surface area contributed by atoms with Crippen LogP contribution in [0.4, 0.5) is 5.69 Å². The SMILES string of the molecule is CCC(N)Cc1cccn1Cc1c(Cl)cccc1[N+](=O)[O-]. The van der Waals surface area contributed by atoms with E-state index in [0.717, 1.165) is 18.5 Å². The number of nitro groups is 1. The molecule has 0 amide bonds. The van der Waals surface area contributed by atoms with Crippen LogP contribution in [0.3, 0.4) is 0 Å². The van der Waals surface area contributed by atoms with Crippen molar-refractivity contribution in [3.63, 3.8) is 0 Å². The Balaban J connectivity index is 2.31. The number of hydrogen-bond acceptors (Lipinski definition) is 3. The van der Waals surface area contributed by atoms with Crippen molar-refractivity contribution >= 4 is 17.3 Å². The average Bonchev–Trinajstić information content (AvgIpc) is 2.87. The number of aromatic nitrogens is 1. The van der Waals surface area contributed by atoms with Crippen molar-refractivity contribution in [1.82, 2.24) is 4.57 Å². The third-order valence-corrected chi connectivity index (χ3v) is 3.89. The first-order chi connectivity index (χ1) is 10.0. The molecule has 0 fully saturated rings. The van der Waals surface area contributed by atoms with Crippen LogP contribution in [0.25, 0.3) is 0 Å². The van der Waals surface area contributed by atoms with Gasteiger partial charge in [-0.2, -0.15) is 0 Å². The molecule has 6 heteroatoms. The molecule has 21 heavy (non-hydrogen) atoms. The third-order valence-electron chi connectivity index (χ3n) is 3.54. The summed E-state index contributed by atoms with van der Waals surface area (Å²) in [6.07, 6.45) is 3.52. The molecular weight excluding hydrogens is 290 g/mol. The molecule has 0 bridgehead atoms. The number of hydrogen-bond donors (Lipinski definition) is 1. The first-order valence-corrected chi connectivity index (χ1v) is 7.22. The lowest BCUT2D eigenvalue weighted by Crippen LogP contribution is -2.23. The summed E-state index contributed by atoms with van der Waals surface area (Å²) in [5.74, 6) is 0. The summed E-state index contributed by atoms with van der Waals surface area (Å²) < 4.78 is 1.96. The van der Waals surface area contributed by atoms with Crippen LogP contribution in [0.15, 0.2) is 36.5 Å². The van der Waals surface area contributed by atoms with Gasteiger partial charge in [0.05, 0.1) is 22.1 Å². The lowest BCUT2D eigenvalue weighted by atomic mass is 10.1. The van der Waals surface area contributed by atoms with Crippen molar-refractivity contribution in [2.75, 3.05) is 0 Å². The van der Waals surface area contributed by atoms with E-state index in [1.54, 1.807) is 12.1 Å². The fraction of sp³-hybridized carbons (Fsp3) is 0.333. The molecule has 112 valence electrons. The van der Waals surface area contributed by atoms with Crippen LogP contribution in [0.1, 0.15) is 24.6 Å². The summed E-state index contributed by atoms with van der Waals surface area (Å²) in [5.41, 5.74) is 7.60. The fourth-order valence-corrected chi connectivity index (χ4v) is 2.48. The van der Waals surface area contributed by atoms with Gasteiger partial charge < -0.3 is 10.3 Å². The number of rotatable bonds is 6. The summed E-state index contributed by atoms with van der Waals surface area (Å²) in [4.78, 5) is 10.7. The van der Waals surface area contributed by atoms with E-state index in [-0.39, 0.29) is 11.7 Å². The maximum Gasteiger partial charge on any atom is 0.275 e. The molecule has 0 aliphatic heterocycles. The summed E-state index contributed by atoms with van der Waals surface area (Å²) >= 11 is 6.13. The molecule has 5 nitrogen and oxygen atoms in total. The van der Waals surface area contributed by atoms with Gasteiger partial charge in [-0.15, -0.1) is 0 Å². The molecule has 0 saturated heterocycles. The molecule has 2 N–H and O–H groups in total. The van der Waals surface area contributed by atoms with Gasteiger partial charge in [0.25, 0.3) is 5.69 Å². The van der Waals surface area contributed by atoms with Gasteiger partial charge in [0.1, 0.15) is 0 Å². The first kappa shape index (κ1) is 15.5. The summed E-state index contributed by atoms with van der Waals surface area (Å²) in [5, 5.41) is 11.5. The lowest BCUT2D eigenvalue weighted by molar-refractivity contribution is -0.385. The largest absolute Gasteiger partial charge is 0.347 e. The monoisotopic (exact) mass is 307 g/mol. The molecule has 1 unspecified atom stereocenters. The molecule has 1 aromatic heterocycles. The molecule has 1 aromatic carbocycles. The Labute approximate surface area is 128 Å². The summed E-state index contributed by atoms with van der Waals surface area (Å²) in [7, 11) is 0. The normalized spacial score (nSPS) is 12.3. The number of halogens is 1. The Bertz CT molecular complexity index is 640. The van der Waals surface area contributed by atoms with Gasteiger partial charge in [-0.05, 0) is 24.6 Å². The van der Waals surface area contributed by atoms with Crippen LogP contribution < -0.4 is 5.73 Å². The zero-order valence-corrected chi connectivity index (χ0v) is 12.6. The second-order valence-electron chi connectivity index (χ2n) is 4.99. The molecule has 2 rings (SSSR count). The van der Waals surface area contributed by atoms with E-state index in [1.165, 1.54) is 6.07 Å². The van der Waals surface area contributed by atoms with Gasteiger partial charge in [-0.3, -0.25) is 10.1 Å². The van der Waals surface area contributed by atoms with E-state index in [1.807, 2.05) is 29.8 Å². The second kappa shape index (κ2) is 6.74. The molecule has 0 saturated carbocycles. The van der Waals surface area contributed by atoms with Crippen LogP contribution in [0, 0.1) is 10.1 Å². The quantitative estimate of drug-likeness (QED) is 0.656. The van der Waals surface area contributed by atoms with E-state index in [4.69, 9.17) is 17.3 Å². The van der Waals surface area contributed by atoms with E-state index in [9.17, 15) is 10.1 Å². The van der Waals surface area contributed by atoms with Gasteiger partial charge in [-0.25, -0.2) is 0 Å². The predicted octanol–water partition coefficient (Wildman–Crippen LogP) is 3.38. The molecule has 0 aliphatic rings. The minimum absolute atomic E-state index is 0.0435. The van der Waals surface area contributed by atoms with Crippen LogP contribution in [0.5, 0.6) is 0 Å². The predicted molar refractivity (Wildman–Crippen MR) is 83.6 cm³/mol. The molecule has 1 atom stereocenters. The van der Waals surface area contributed by atoms with Crippen molar-refractivity contribution in [1.29, 1.82) is 0 Å². The van der Waals surface area contributed by atoms with Crippen LogP contribution in [-0.4, -0.2) is 15.5 Å². The molecule has 0 radical (unpaired) electrons. The second-order valence-corrected chi connectivity index (χ2v) is 5.40. The molecule has 2 aromatic rings. The molecule has 0 spiro atoms. The Morgan fingerprint density at radius 2 is 2.14 bits per heavy atom. The number of nitrogens with two attached hydrogens (primary N) is 1. The highest BCUT2D eigenvalue weighted by Gasteiger charge is 2.18. The van der Waals surface area contributed by atoms with Gasteiger partial charge in [0.15, 0.2) is 0 Å².